The Bertz CT molecular complexity index is 393. The van der Waals surface area contributed by atoms with Crippen LogP contribution in [-0.2, 0) is 0 Å². The van der Waals surface area contributed by atoms with Crippen molar-refractivity contribution >= 4 is 11.6 Å². The van der Waals surface area contributed by atoms with Gasteiger partial charge in [0.25, 0.3) is 5.91 Å². The molecular weight excluding hydrogens is 240 g/mol. The predicted molar refractivity (Wildman–Crippen MR) is 78.4 cm³/mol. The Morgan fingerprint density at radius 1 is 1.37 bits per heavy atom. The molecule has 1 aromatic carbocycles. The Kier molecular flexibility index (Phi) is 6.97. The van der Waals surface area contributed by atoms with Crippen LogP contribution in [0.15, 0.2) is 24.3 Å². The van der Waals surface area contributed by atoms with Crippen LogP contribution in [-0.4, -0.2) is 30.7 Å². The minimum atomic E-state index is -0.0657. The summed E-state index contributed by atoms with van der Waals surface area (Å²) in [6.45, 7) is 5.70. The molecule has 0 saturated heterocycles. The molecule has 4 nitrogen and oxygen atoms in total. The molecule has 1 aromatic rings. The summed E-state index contributed by atoms with van der Waals surface area (Å²) in [5, 5.41) is 15.0. The molecule has 19 heavy (non-hydrogen) atoms. The van der Waals surface area contributed by atoms with E-state index in [4.69, 9.17) is 5.11 Å². The Morgan fingerprint density at radius 2 is 2.11 bits per heavy atom. The summed E-state index contributed by atoms with van der Waals surface area (Å²) in [5.41, 5.74) is 1.55. The summed E-state index contributed by atoms with van der Waals surface area (Å²) in [4.78, 5) is 12.1. The predicted octanol–water partition coefficient (Wildman–Crippen LogP) is 2.26. The molecule has 1 rings (SSSR count). The molecule has 0 aliphatic heterocycles. The first-order chi connectivity index (χ1) is 9.19. The lowest BCUT2D eigenvalue weighted by molar-refractivity contribution is 0.0946. The molecule has 0 saturated carbocycles. The summed E-state index contributed by atoms with van der Waals surface area (Å²) in [5.74, 6) is 0.216. The Labute approximate surface area is 115 Å². The normalized spacial score (nSPS) is 11.9. The van der Waals surface area contributed by atoms with Crippen LogP contribution in [0.2, 0.25) is 0 Å². The van der Waals surface area contributed by atoms with E-state index in [2.05, 4.69) is 17.6 Å². The molecule has 0 aliphatic rings. The summed E-state index contributed by atoms with van der Waals surface area (Å²) in [7, 11) is 0. The number of benzene rings is 1. The summed E-state index contributed by atoms with van der Waals surface area (Å²) < 4.78 is 0. The molecule has 1 unspecified atom stereocenters. The standard InChI is InChI=1S/C15H24N2O2/c1-3-9-16-14-7-5-4-6-13(14)15(19)17-11-12(2)8-10-18/h4-7,12,16,18H,3,8-11H2,1-2H3,(H,17,19). The van der Waals surface area contributed by atoms with E-state index in [1.54, 1.807) is 0 Å². The van der Waals surface area contributed by atoms with Gasteiger partial charge in [-0.05, 0) is 30.9 Å². The second-order valence-electron chi connectivity index (χ2n) is 4.80. The van der Waals surface area contributed by atoms with E-state index in [1.165, 1.54) is 0 Å². The molecule has 0 spiro atoms. The zero-order valence-electron chi connectivity index (χ0n) is 11.8. The fourth-order valence-corrected chi connectivity index (χ4v) is 1.78. The van der Waals surface area contributed by atoms with E-state index >= 15 is 0 Å². The number of rotatable bonds is 8. The highest BCUT2D eigenvalue weighted by Gasteiger charge is 2.11. The van der Waals surface area contributed by atoms with Crippen LogP contribution in [0.5, 0.6) is 0 Å². The van der Waals surface area contributed by atoms with E-state index in [-0.39, 0.29) is 18.4 Å². The van der Waals surface area contributed by atoms with Crippen LogP contribution in [0, 0.1) is 5.92 Å². The monoisotopic (exact) mass is 264 g/mol. The number of aliphatic hydroxyl groups is 1. The van der Waals surface area contributed by atoms with Crippen molar-refractivity contribution in [3.63, 3.8) is 0 Å². The molecule has 0 fully saturated rings. The van der Waals surface area contributed by atoms with Crippen molar-refractivity contribution in [1.29, 1.82) is 0 Å². The van der Waals surface area contributed by atoms with E-state index in [0.29, 0.717) is 18.5 Å². The first-order valence-corrected chi connectivity index (χ1v) is 6.91. The van der Waals surface area contributed by atoms with Crippen molar-refractivity contribution in [3.8, 4) is 0 Å². The van der Waals surface area contributed by atoms with E-state index in [0.717, 1.165) is 18.7 Å². The van der Waals surface area contributed by atoms with Gasteiger partial charge in [-0.2, -0.15) is 0 Å². The Balaban J connectivity index is 2.60. The number of amides is 1. The van der Waals surface area contributed by atoms with Crippen molar-refractivity contribution in [2.45, 2.75) is 26.7 Å². The van der Waals surface area contributed by atoms with Gasteiger partial charge in [0, 0.05) is 25.4 Å². The summed E-state index contributed by atoms with van der Waals surface area (Å²) in [6, 6.07) is 7.53. The third-order valence-electron chi connectivity index (χ3n) is 2.97. The fourth-order valence-electron chi connectivity index (χ4n) is 1.78. The zero-order chi connectivity index (χ0) is 14.1. The van der Waals surface area contributed by atoms with Gasteiger partial charge in [0.1, 0.15) is 0 Å². The number of carbonyl (C=O) groups is 1. The smallest absolute Gasteiger partial charge is 0.253 e. The number of hydrogen-bond donors (Lipinski definition) is 3. The molecule has 3 N–H and O–H groups in total. The van der Waals surface area contributed by atoms with Crippen molar-refractivity contribution in [2.24, 2.45) is 5.92 Å². The molecular formula is C15H24N2O2. The van der Waals surface area contributed by atoms with Crippen LogP contribution in [0.4, 0.5) is 5.69 Å². The van der Waals surface area contributed by atoms with E-state index in [1.807, 2.05) is 31.2 Å². The Morgan fingerprint density at radius 3 is 2.79 bits per heavy atom. The lowest BCUT2D eigenvalue weighted by Crippen LogP contribution is -2.29. The van der Waals surface area contributed by atoms with Gasteiger partial charge >= 0.3 is 0 Å². The first kappa shape index (κ1) is 15.5. The van der Waals surface area contributed by atoms with Crippen LogP contribution in [0.1, 0.15) is 37.0 Å². The molecule has 0 radical (unpaired) electrons. The lowest BCUT2D eigenvalue weighted by atomic mass is 10.1. The number of carbonyl (C=O) groups excluding carboxylic acids is 1. The zero-order valence-corrected chi connectivity index (χ0v) is 11.8. The van der Waals surface area contributed by atoms with Crippen LogP contribution in [0.3, 0.4) is 0 Å². The lowest BCUT2D eigenvalue weighted by Gasteiger charge is -2.14. The average Bonchev–Trinajstić information content (AvgIpc) is 2.43. The highest BCUT2D eigenvalue weighted by molar-refractivity contribution is 5.99. The van der Waals surface area contributed by atoms with Crippen molar-refractivity contribution in [2.75, 3.05) is 25.0 Å². The fraction of sp³-hybridized carbons (Fsp3) is 0.533. The molecule has 4 heteroatoms. The third-order valence-corrected chi connectivity index (χ3v) is 2.97. The SMILES string of the molecule is CCCNc1ccccc1C(=O)NCC(C)CCO. The second-order valence-corrected chi connectivity index (χ2v) is 4.80. The number of hydrogen-bond acceptors (Lipinski definition) is 3. The topological polar surface area (TPSA) is 61.4 Å². The van der Waals surface area contributed by atoms with Gasteiger partial charge in [-0.3, -0.25) is 4.79 Å². The first-order valence-electron chi connectivity index (χ1n) is 6.91. The highest BCUT2D eigenvalue weighted by Crippen LogP contribution is 2.15. The van der Waals surface area contributed by atoms with Crippen molar-refractivity contribution in [3.05, 3.63) is 29.8 Å². The Hall–Kier alpha value is -1.55. The van der Waals surface area contributed by atoms with Gasteiger partial charge in [-0.15, -0.1) is 0 Å². The van der Waals surface area contributed by atoms with Gasteiger partial charge in [-0.25, -0.2) is 0 Å². The third kappa shape index (κ3) is 5.30. The van der Waals surface area contributed by atoms with Gasteiger partial charge in [0.15, 0.2) is 0 Å². The number of nitrogens with one attached hydrogen (secondary N) is 2. The molecule has 0 aliphatic carbocycles. The maximum atomic E-state index is 12.1. The molecule has 0 bridgehead atoms. The second kappa shape index (κ2) is 8.53. The minimum absolute atomic E-state index is 0.0657. The number of anilines is 1. The van der Waals surface area contributed by atoms with Gasteiger partial charge < -0.3 is 15.7 Å². The van der Waals surface area contributed by atoms with Gasteiger partial charge in [0.05, 0.1) is 5.56 Å². The van der Waals surface area contributed by atoms with Crippen molar-refractivity contribution in [1.82, 2.24) is 5.32 Å². The molecule has 1 amide bonds. The average molecular weight is 264 g/mol. The van der Waals surface area contributed by atoms with Crippen LogP contribution >= 0.6 is 0 Å². The quantitative estimate of drug-likeness (QED) is 0.675. The van der Waals surface area contributed by atoms with Crippen molar-refractivity contribution < 1.29 is 9.90 Å². The van der Waals surface area contributed by atoms with Crippen LogP contribution in [0.25, 0.3) is 0 Å². The number of aliphatic hydroxyl groups excluding tert-OH is 1. The summed E-state index contributed by atoms with van der Waals surface area (Å²) in [6.07, 6.45) is 1.72. The van der Waals surface area contributed by atoms with Gasteiger partial charge in [0.2, 0.25) is 0 Å². The van der Waals surface area contributed by atoms with Crippen LogP contribution < -0.4 is 10.6 Å². The highest BCUT2D eigenvalue weighted by atomic mass is 16.3. The van der Waals surface area contributed by atoms with E-state index in [9.17, 15) is 4.79 Å². The summed E-state index contributed by atoms with van der Waals surface area (Å²) >= 11 is 0. The molecule has 1 atom stereocenters. The molecule has 0 heterocycles. The van der Waals surface area contributed by atoms with Gasteiger partial charge in [-0.1, -0.05) is 26.0 Å². The maximum Gasteiger partial charge on any atom is 0.253 e. The number of para-hydroxylation sites is 1. The largest absolute Gasteiger partial charge is 0.396 e. The minimum Gasteiger partial charge on any atom is -0.396 e. The molecule has 106 valence electrons. The maximum absolute atomic E-state index is 12.1. The van der Waals surface area contributed by atoms with E-state index < -0.39 is 0 Å². The molecule has 0 aromatic heterocycles.